The predicted octanol–water partition coefficient (Wildman–Crippen LogP) is 1.86. The maximum atomic E-state index is 12.4. The molecule has 0 radical (unpaired) electrons. The molecule has 116 valence electrons. The van der Waals surface area contributed by atoms with Crippen molar-refractivity contribution < 1.29 is 19.4 Å². The summed E-state index contributed by atoms with van der Waals surface area (Å²) in [5, 5.41) is 12.0. The molecule has 1 aliphatic rings. The fraction of sp³-hybridized carbons (Fsp3) is 0.643. The quantitative estimate of drug-likeness (QED) is 0.897. The van der Waals surface area contributed by atoms with E-state index in [0.29, 0.717) is 25.3 Å². The van der Waals surface area contributed by atoms with E-state index in [9.17, 15) is 14.7 Å². The first-order valence-electron chi connectivity index (χ1n) is 6.86. The Bertz CT molecular complexity index is 543. The lowest BCUT2D eigenvalue weighted by Crippen LogP contribution is -2.40. The van der Waals surface area contributed by atoms with Crippen LogP contribution in [0.2, 0.25) is 0 Å². The zero-order valence-corrected chi connectivity index (χ0v) is 13.3. The van der Waals surface area contributed by atoms with Gasteiger partial charge >= 0.3 is 5.97 Å². The van der Waals surface area contributed by atoms with Gasteiger partial charge in [0.1, 0.15) is 10.7 Å². The zero-order chi connectivity index (χ0) is 15.6. The number of hydrogen-bond donors (Lipinski definition) is 1. The molecule has 1 aromatic rings. The van der Waals surface area contributed by atoms with Crippen molar-refractivity contribution in [1.29, 1.82) is 0 Å². The molecule has 0 aliphatic carbocycles. The smallest absolute Gasteiger partial charge is 0.311 e. The van der Waals surface area contributed by atoms with Crippen molar-refractivity contribution in [2.75, 3.05) is 20.2 Å². The van der Waals surface area contributed by atoms with E-state index < -0.39 is 11.4 Å². The molecule has 0 aromatic carbocycles. The minimum absolute atomic E-state index is 0.0210. The predicted molar refractivity (Wildman–Crippen MR) is 78.3 cm³/mol. The number of carbonyl (C=O) groups is 2. The first-order valence-corrected chi connectivity index (χ1v) is 7.74. The number of hydrogen-bond acceptors (Lipinski definition) is 5. The Morgan fingerprint density at radius 1 is 1.57 bits per heavy atom. The Morgan fingerprint density at radius 3 is 2.81 bits per heavy atom. The van der Waals surface area contributed by atoms with Crippen LogP contribution in [-0.2, 0) is 16.1 Å². The van der Waals surface area contributed by atoms with Crippen LogP contribution in [0.5, 0.6) is 0 Å². The summed E-state index contributed by atoms with van der Waals surface area (Å²) in [5.74, 6) is -1.05. The molecule has 1 N–H and O–H groups in total. The highest BCUT2D eigenvalue weighted by Gasteiger charge is 2.48. The third-order valence-electron chi connectivity index (χ3n) is 4.16. The average molecular weight is 312 g/mol. The van der Waals surface area contributed by atoms with Gasteiger partial charge in [0.15, 0.2) is 0 Å². The molecular weight excluding hydrogens is 292 g/mol. The van der Waals surface area contributed by atoms with Gasteiger partial charge in [0, 0.05) is 25.6 Å². The number of nitrogens with zero attached hydrogens (tertiary/aromatic N) is 2. The summed E-state index contributed by atoms with van der Waals surface area (Å²) in [7, 11) is 1.58. The maximum absolute atomic E-state index is 12.4. The second kappa shape index (κ2) is 6.11. The molecule has 1 saturated heterocycles. The SMILES string of the molecule is COCc1nc(C(=O)N2CCC(C(=O)O)(C(C)C)C2)cs1. The number of amides is 1. The van der Waals surface area contributed by atoms with Crippen LogP contribution < -0.4 is 0 Å². The minimum atomic E-state index is -0.846. The van der Waals surface area contributed by atoms with Crippen LogP contribution in [0.15, 0.2) is 5.38 Å². The van der Waals surface area contributed by atoms with Gasteiger partial charge in [-0.3, -0.25) is 9.59 Å². The van der Waals surface area contributed by atoms with Gasteiger partial charge in [-0.2, -0.15) is 0 Å². The number of thiazole rings is 1. The van der Waals surface area contributed by atoms with E-state index in [1.54, 1.807) is 17.4 Å². The maximum Gasteiger partial charge on any atom is 0.311 e. The number of carboxylic acid groups (broad SMARTS) is 1. The van der Waals surface area contributed by atoms with E-state index >= 15 is 0 Å². The number of carbonyl (C=O) groups excluding carboxylic acids is 1. The van der Waals surface area contributed by atoms with Crippen molar-refractivity contribution in [1.82, 2.24) is 9.88 Å². The summed E-state index contributed by atoms with van der Waals surface area (Å²) in [6, 6.07) is 0. The van der Waals surface area contributed by atoms with E-state index in [1.165, 1.54) is 11.3 Å². The Labute approximate surface area is 127 Å². The van der Waals surface area contributed by atoms with Crippen LogP contribution >= 0.6 is 11.3 Å². The molecule has 2 rings (SSSR count). The van der Waals surface area contributed by atoms with Crippen LogP contribution in [0.4, 0.5) is 0 Å². The number of aromatic nitrogens is 1. The molecule has 0 saturated carbocycles. The van der Waals surface area contributed by atoms with Crippen molar-refractivity contribution in [3.63, 3.8) is 0 Å². The lowest BCUT2D eigenvalue weighted by atomic mass is 9.76. The number of rotatable bonds is 5. The zero-order valence-electron chi connectivity index (χ0n) is 12.5. The molecule has 1 fully saturated rings. The average Bonchev–Trinajstić information content (AvgIpc) is 3.05. The molecule has 1 aliphatic heterocycles. The molecule has 6 nitrogen and oxygen atoms in total. The minimum Gasteiger partial charge on any atom is -0.481 e. The number of likely N-dealkylation sites (tertiary alicyclic amines) is 1. The lowest BCUT2D eigenvalue weighted by Gasteiger charge is -2.28. The van der Waals surface area contributed by atoms with Crippen LogP contribution in [0, 0.1) is 11.3 Å². The van der Waals surface area contributed by atoms with E-state index in [2.05, 4.69) is 4.98 Å². The van der Waals surface area contributed by atoms with Gasteiger partial charge in [-0.25, -0.2) is 4.98 Å². The highest BCUT2D eigenvalue weighted by molar-refractivity contribution is 7.09. The number of aliphatic carboxylic acids is 1. The normalized spacial score (nSPS) is 22.0. The lowest BCUT2D eigenvalue weighted by molar-refractivity contribution is -0.150. The Kier molecular flexibility index (Phi) is 4.63. The molecule has 7 heteroatoms. The number of carboxylic acids is 1. The van der Waals surface area contributed by atoms with Crippen molar-refractivity contribution in [3.05, 3.63) is 16.1 Å². The van der Waals surface area contributed by atoms with Crippen LogP contribution in [0.3, 0.4) is 0 Å². The first kappa shape index (κ1) is 15.9. The van der Waals surface area contributed by atoms with Gasteiger partial charge in [-0.1, -0.05) is 13.8 Å². The molecule has 1 atom stereocenters. The Balaban J connectivity index is 2.12. The monoisotopic (exact) mass is 312 g/mol. The fourth-order valence-electron chi connectivity index (χ4n) is 2.66. The van der Waals surface area contributed by atoms with Gasteiger partial charge in [-0.15, -0.1) is 11.3 Å². The molecule has 1 unspecified atom stereocenters. The first-order chi connectivity index (χ1) is 9.90. The highest BCUT2D eigenvalue weighted by Crippen LogP contribution is 2.38. The van der Waals surface area contributed by atoms with Crippen molar-refractivity contribution in [2.24, 2.45) is 11.3 Å². The number of ether oxygens (including phenoxy) is 1. The largest absolute Gasteiger partial charge is 0.481 e. The van der Waals surface area contributed by atoms with E-state index in [4.69, 9.17) is 4.74 Å². The summed E-state index contributed by atoms with van der Waals surface area (Å²) < 4.78 is 4.99. The van der Waals surface area contributed by atoms with Gasteiger partial charge in [-0.05, 0) is 12.3 Å². The van der Waals surface area contributed by atoms with Crippen LogP contribution in [0.1, 0.15) is 35.8 Å². The van der Waals surface area contributed by atoms with Gasteiger partial charge in [0.05, 0.1) is 12.0 Å². The Morgan fingerprint density at radius 2 is 2.29 bits per heavy atom. The van der Waals surface area contributed by atoms with Crippen LogP contribution in [0.25, 0.3) is 0 Å². The molecule has 0 spiro atoms. The third kappa shape index (κ3) is 2.94. The summed E-state index contributed by atoms with van der Waals surface area (Å²) in [6.07, 6.45) is 0.487. The molecule has 1 aromatic heterocycles. The van der Waals surface area contributed by atoms with Crippen molar-refractivity contribution >= 4 is 23.2 Å². The van der Waals surface area contributed by atoms with E-state index in [0.717, 1.165) is 5.01 Å². The fourth-order valence-corrected chi connectivity index (χ4v) is 3.40. The molecule has 1 amide bonds. The number of methoxy groups -OCH3 is 1. The van der Waals surface area contributed by atoms with Gasteiger partial charge in [0.2, 0.25) is 0 Å². The van der Waals surface area contributed by atoms with Crippen molar-refractivity contribution in [3.8, 4) is 0 Å². The second-order valence-electron chi connectivity index (χ2n) is 5.65. The van der Waals surface area contributed by atoms with Crippen molar-refractivity contribution in [2.45, 2.75) is 26.9 Å². The summed E-state index contributed by atoms with van der Waals surface area (Å²) in [5.41, 5.74) is -0.474. The van der Waals surface area contributed by atoms with E-state index in [1.807, 2.05) is 13.8 Å². The summed E-state index contributed by atoms with van der Waals surface area (Å²) in [4.78, 5) is 29.9. The molecular formula is C14H20N2O4S. The molecule has 2 heterocycles. The van der Waals surface area contributed by atoms with Gasteiger partial charge in [0.25, 0.3) is 5.91 Å². The van der Waals surface area contributed by atoms with Gasteiger partial charge < -0.3 is 14.7 Å². The van der Waals surface area contributed by atoms with Crippen LogP contribution in [-0.4, -0.2) is 47.1 Å². The second-order valence-corrected chi connectivity index (χ2v) is 6.59. The molecule has 0 bridgehead atoms. The molecule has 21 heavy (non-hydrogen) atoms. The summed E-state index contributed by atoms with van der Waals surface area (Å²) in [6.45, 7) is 4.86. The standard InChI is InChI=1S/C14H20N2O4S/c1-9(2)14(13(18)19)4-5-16(8-14)12(17)10-7-21-11(15-10)6-20-3/h7,9H,4-6,8H2,1-3H3,(H,18,19). The van der Waals surface area contributed by atoms with E-state index in [-0.39, 0.29) is 18.4 Å². The topological polar surface area (TPSA) is 79.7 Å². The Hall–Kier alpha value is -1.47. The highest BCUT2D eigenvalue weighted by atomic mass is 32.1. The summed E-state index contributed by atoms with van der Waals surface area (Å²) >= 11 is 1.37. The third-order valence-corrected chi connectivity index (χ3v) is 4.98.